The summed E-state index contributed by atoms with van der Waals surface area (Å²) < 4.78 is 0. The molecule has 0 radical (unpaired) electrons. The van der Waals surface area contributed by atoms with Crippen LogP contribution >= 0.6 is 23.2 Å². The van der Waals surface area contributed by atoms with Crippen LogP contribution in [0.1, 0.15) is 18.2 Å². The summed E-state index contributed by atoms with van der Waals surface area (Å²) in [5, 5.41) is 7.13. The molecule has 0 aliphatic carbocycles. The molecule has 2 N–H and O–H groups in total. The maximum Gasteiger partial charge on any atom is 0.222 e. The number of amides is 1. The Kier molecular flexibility index (Phi) is 3.14. The van der Waals surface area contributed by atoms with E-state index >= 15 is 0 Å². The molecule has 1 aliphatic heterocycles. The molecule has 1 aromatic carbocycles. The van der Waals surface area contributed by atoms with Gasteiger partial charge in [0.05, 0.1) is 0 Å². The molecule has 3 nitrogen and oxygen atoms in total. The second-order valence-corrected chi connectivity index (χ2v) is 4.21. The van der Waals surface area contributed by atoms with Gasteiger partial charge in [0.25, 0.3) is 0 Å². The van der Waals surface area contributed by atoms with E-state index in [-0.39, 0.29) is 12.1 Å². The zero-order valence-electron chi connectivity index (χ0n) is 7.89. The number of benzene rings is 1. The molecule has 1 aromatic rings. The first-order valence-corrected chi connectivity index (χ1v) is 5.40. The lowest BCUT2D eigenvalue weighted by molar-refractivity contribution is -0.123. The van der Waals surface area contributed by atoms with Gasteiger partial charge in [-0.2, -0.15) is 0 Å². The lowest BCUT2D eigenvalue weighted by atomic mass is 10.1. The molecule has 1 aliphatic rings. The Morgan fingerprint density at radius 3 is 2.80 bits per heavy atom. The van der Waals surface area contributed by atoms with E-state index in [1.54, 1.807) is 12.1 Å². The molecule has 0 spiro atoms. The summed E-state index contributed by atoms with van der Waals surface area (Å²) in [4.78, 5) is 11.2. The number of nitrogens with one attached hydrogen (secondary N) is 2. The Bertz CT molecular complexity index is 395. The van der Waals surface area contributed by atoms with Crippen LogP contribution < -0.4 is 10.6 Å². The van der Waals surface area contributed by atoms with Gasteiger partial charge in [-0.1, -0.05) is 29.3 Å². The smallest absolute Gasteiger partial charge is 0.222 e. The molecule has 0 saturated carbocycles. The molecule has 0 unspecified atom stereocenters. The molecular weight excluding hydrogens is 235 g/mol. The molecule has 2 rings (SSSR count). The fraction of sp³-hybridized carbons (Fsp3) is 0.300. The monoisotopic (exact) mass is 244 g/mol. The highest BCUT2D eigenvalue weighted by atomic mass is 35.5. The Morgan fingerprint density at radius 1 is 1.33 bits per heavy atom. The van der Waals surface area contributed by atoms with Gasteiger partial charge in [-0.15, -0.1) is 0 Å². The minimum atomic E-state index is -0.212. The van der Waals surface area contributed by atoms with Crippen molar-refractivity contribution in [2.75, 3.05) is 6.54 Å². The van der Waals surface area contributed by atoms with Gasteiger partial charge in [0.15, 0.2) is 0 Å². The fourth-order valence-corrected chi connectivity index (χ4v) is 2.06. The number of carbonyl (C=O) groups excluding carboxylic acids is 1. The lowest BCUT2D eigenvalue weighted by Crippen LogP contribution is -2.44. The Labute approximate surface area is 97.8 Å². The van der Waals surface area contributed by atoms with Crippen LogP contribution in [0, 0.1) is 0 Å². The van der Waals surface area contributed by atoms with Gasteiger partial charge in [-0.3, -0.25) is 10.1 Å². The van der Waals surface area contributed by atoms with Crippen molar-refractivity contribution in [3.63, 3.8) is 0 Å². The number of rotatable bonds is 1. The minimum absolute atomic E-state index is 0.0322. The van der Waals surface area contributed by atoms with E-state index in [1.165, 1.54) is 0 Å². The normalized spacial score (nSPS) is 21.2. The first kappa shape index (κ1) is 10.7. The van der Waals surface area contributed by atoms with E-state index in [1.807, 2.05) is 6.07 Å². The van der Waals surface area contributed by atoms with Gasteiger partial charge in [0.1, 0.15) is 6.17 Å². The van der Waals surface area contributed by atoms with Crippen molar-refractivity contribution in [1.82, 2.24) is 10.6 Å². The third-order valence-corrected chi connectivity index (χ3v) is 2.84. The molecule has 1 heterocycles. The van der Waals surface area contributed by atoms with Crippen molar-refractivity contribution in [3.05, 3.63) is 33.8 Å². The van der Waals surface area contributed by atoms with Crippen molar-refractivity contribution in [3.8, 4) is 0 Å². The van der Waals surface area contributed by atoms with Crippen LogP contribution in [-0.2, 0) is 4.79 Å². The van der Waals surface area contributed by atoms with Crippen LogP contribution in [0.3, 0.4) is 0 Å². The van der Waals surface area contributed by atoms with E-state index in [2.05, 4.69) is 10.6 Å². The van der Waals surface area contributed by atoms with Gasteiger partial charge in [-0.05, 0) is 12.1 Å². The van der Waals surface area contributed by atoms with Gasteiger partial charge in [-0.25, -0.2) is 0 Å². The second kappa shape index (κ2) is 4.39. The van der Waals surface area contributed by atoms with Crippen LogP contribution in [0.4, 0.5) is 0 Å². The van der Waals surface area contributed by atoms with Crippen LogP contribution in [0.5, 0.6) is 0 Å². The quantitative estimate of drug-likeness (QED) is 0.795. The predicted molar refractivity (Wildman–Crippen MR) is 60.0 cm³/mol. The van der Waals surface area contributed by atoms with E-state index < -0.39 is 0 Å². The summed E-state index contributed by atoms with van der Waals surface area (Å²) in [6.07, 6.45) is 0.290. The van der Waals surface area contributed by atoms with Gasteiger partial charge < -0.3 is 5.32 Å². The van der Waals surface area contributed by atoms with E-state index in [4.69, 9.17) is 23.2 Å². The first-order valence-electron chi connectivity index (χ1n) is 4.64. The van der Waals surface area contributed by atoms with Gasteiger partial charge in [0.2, 0.25) is 5.91 Å². The number of hydrogen-bond donors (Lipinski definition) is 2. The lowest BCUT2D eigenvalue weighted by Gasteiger charge is -2.25. The van der Waals surface area contributed by atoms with Crippen molar-refractivity contribution in [2.45, 2.75) is 12.6 Å². The molecule has 1 atom stereocenters. The number of halogens is 2. The SMILES string of the molecule is O=C1CCN[C@H](c2ccc(Cl)cc2Cl)N1. The highest BCUT2D eigenvalue weighted by molar-refractivity contribution is 6.35. The van der Waals surface area contributed by atoms with Crippen LogP contribution in [0.2, 0.25) is 10.0 Å². The van der Waals surface area contributed by atoms with E-state index in [9.17, 15) is 4.79 Å². The number of carbonyl (C=O) groups is 1. The van der Waals surface area contributed by atoms with Crippen molar-refractivity contribution >= 4 is 29.1 Å². The zero-order chi connectivity index (χ0) is 10.8. The highest BCUT2D eigenvalue weighted by Crippen LogP contribution is 2.25. The maximum absolute atomic E-state index is 11.2. The van der Waals surface area contributed by atoms with Crippen LogP contribution in [0.15, 0.2) is 18.2 Å². The first-order chi connectivity index (χ1) is 7.16. The molecule has 1 fully saturated rings. The van der Waals surface area contributed by atoms with Gasteiger partial charge in [0, 0.05) is 28.6 Å². The third-order valence-electron chi connectivity index (χ3n) is 2.28. The average Bonchev–Trinajstić information content (AvgIpc) is 2.17. The zero-order valence-corrected chi connectivity index (χ0v) is 9.40. The standard InChI is InChI=1S/C10H10Cl2N2O/c11-6-1-2-7(8(12)5-6)10-13-4-3-9(15)14-10/h1-2,5,10,13H,3-4H2,(H,14,15)/t10-/m0/s1. The Morgan fingerprint density at radius 2 is 2.13 bits per heavy atom. The van der Waals surface area contributed by atoms with Crippen molar-refractivity contribution < 1.29 is 4.79 Å². The Balaban J connectivity index is 2.24. The summed E-state index contributed by atoms with van der Waals surface area (Å²) in [6, 6.07) is 5.24. The molecule has 80 valence electrons. The third kappa shape index (κ3) is 2.43. The summed E-state index contributed by atoms with van der Waals surface area (Å²) in [6.45, 7) is 0.662. The summed E-state index contributed by atoms with van der Waals surface area (Å²) in [5.74, 6) is 0.0322. The summed E-state index contributed by atoms with van der Waals surface area (Å²) in [7, 11) is 0. The van der Waals surface area contributed by atoms with Gasteiger partial charge >= 0.3 is 0 Å². The van der Waals surface area contributed by atoms with Crippen LogP contribution in [-0.4, -0.2) is 12.5 Å². The maximum atomic E-state index is 11.2. The predicted octanol–water partition coefficient (Wildman–Crippen LogP) is 2.10. The number of hydrogen-bond acceptors (Lipinski definition) is 2. The fourth-order valence-electron chi connectivity index (χ4n) is 1.54. The van der Waals surface area contributed by atoms with E-state index in [0.717, 1.165) is 5.56 Å². The topological polar surface area (TPSA) is 41.1 Å². The molecule has 0 aromatic heterocycles. The molecule has 15 heavy (non-hydrogen) atoms. The van der Waals surface area contributed by atoms with E-state index in [0.29, 0.717) is 23.0 Å². The highest BCUT2D eigenvalue weighted by Gasteiger charge is 2.20. The molecule has 1 saturated heterocycles. The summed E-state index contributed by atoms with van der Waals surface area (Å²) >= 11 is 11.8. The largest absolute Gasteiger partial charge is 0.337 e. The molecule has 1 amide bonds. The van der Waals surface area contributed by atoms with Crippen molar-refractivity contribution in [2.24, 2.45) is 0 Å². The Hall–Kier alpha value is -0.770. The molecule has 5 heteroatoms. The minimum Gasteiger partial charge on any atom is -0.337 e. The summed E-state index contributed by atoms with van der Waals surface area (Å²) in [5.41, 5.74) is 0.842. The van der Waals surface area contributed by atoms with Crippen molar-refractivity contribution in [1.29, 1.82) is 0 Å². The van der Waals surface area contributed by atoms with Crippen LogP contribution in [0.25, 0.3) is 0 Å². The second-order valence-electron chi connectivity index (χ2n) is 3.37. The molecular formula is C10H10Cl2N2O. The molecule has 0 bridgehead atoms. The average molecular weight is 245 g/mol.